The number of hydrogen-bond donors (Lipinski definition) is 5. The molecule has 1 rings (SSSR count). The predicted molar refractivity (Wildman–Crippen MR) is 43.8 cm³/mol. The van der Waals surface area contributed by atoms with Crippen LogP contribution in [0.5, 0.6) is 0 Å². The average Bonchev–Trinajstić information content (AvgIpc) is 2.07. The summed E-state index contributed by atoms with van der Waals surface area (Å²) in [5.41, 5.74) is 0. The van der Waals surface area contributed by atoms with Gasteiger partial charge in [-0.3, -0.25) is 0 Å². The molecular formula is C6H14O9. The standard InChI is InChI=1S/C6H10O7.2H2O/c7-1-2(8)4(5(10)11)13-6(12)3(1)9;;/h1-4,6-9,12H,(H,10,11);2*1H2/t1-,2-,3-,4-,6+;;/m0../s1. The zero-order valence-electron chi connectivity index (χ0n) is 7.44. The van der Waals surface area contributed by atoms with Crippen molar-refractivity contribution in [1.82, 2.24) is 0 Å². The summed E-state index contributed by atoms with van der Waals surface area (Å²) in [4.78, 5) is 10.4. The molecule has 0 bridgehead atoms. The van der Waals surface area contributed by atoms with E-state index in [1.54, 1.807) is 0 Å². The number of aliphatic carboxylic acids is 1. The number of rotatable bonds is 1. The Bertz CT molecular complexity index is 207. The van der Waals surface area contributed by atoms with E-state index >= 15 is 0 Å². The normalized spacial score (nSPS) is 39.9. The molecule has 1 aliphatic rings. The predicted octanol–water partition coefficient (Wildman–Crippen LogP) is -4.78. The Kier molecular flexibility index (Phi) is 6.56. The largest absolute Gasteiger partial charge is 0.479 e. The summed E-state index contributed by atoms with van der Waals surface area (Å²) >= 11 is 0. The molecule has 0 unspecified atom stereocenters. The molecule has 0 radical (unpaired) electrons. The minimum Gasteiger partial charge on any atom is -0.479 e. The van der Waals surface area contributed by atoms with Crippen molar-refractivity contribution in [2.75, 3.05) is 0 Å². The van der Waals surface area contributed by atoms with Crippen LogP contribution in [0.15, 0.2) is 0 Å². The second-order valence-corrected chi connectivity index (χ2v) is 2.76. The Morgan fingerprint density at radius 2 is 1.40 bits per heavy atom. The van der Waals surface area contributed by atoms with E-state index in [-0.39, 0.29) is 11.0 Å². The molecule has 0 aromatic carbocycles. The Morgan fingerprint density at radius 1 is 0.933 bits per heavy atom. The monoisotopic (exact) mass is 230 g/mol. The molecule has 1 heterocycles. The third-order valence-corrected chi connectivity index (χ3v) is 1.83. The number of carboxylic acids is 1. The number of aliphatic hydroxyl groups excluding tert-OH is 4. The van der Waals surface area contributed by atoms with Crippen molar-refractivity contribution >= 4 is 5.97 Å². The quantitative estimate of drug-likeness (QED) is 0.298. The van der Waals surface area contributed by atoms with Gasteiger partial charge in [-0.1, -0.05) is 0 Å². The fourth-order valence-electron chi connectivity index (χ4n) is 1.07. The molecule has 1 saturated heterocycles. The molecule has 0 aromatic heterocycles. The van der Waals surface area contributed by atoms with Gasteiger partial charge in [0.05, 0.1) is 0 Å². The summed E-state index contributed by atoms with van der Waals surface area (Å²) in [5, 5.41) is 44.4. The van der Waals surface area contributed by atoms with Crippen LogP contribution in [0.1, 0.15) is 0 Å². The van der Waals surface area contributed by atoms with Crippen molar-refractivity contribution in [3.8, 4) is 0 Å². The Balaban J connectivity index is 0. The van der Waals surface area contributed by atoms with E-state index in [0.717, 1.165) is 0 Å². The van der Waals surface area contributed by atoms with Crippen LogP contribution in [-0.2, 0) is 9.53 Å². The fraction of sp³-hybridized carbons (Fsp3) is 0.833. The summed E-state index contributed by atoms with van der Waals surface area (Å²) in [6.45, 7) is 0. The van der Waals surface area contributed by atoms with Gasteiger partial charge in [0.2, 0.25) is 0 Å². The third kappa shape index (κ3) is 3.07. The SMILES string of the molecule is O.O.O=C(O)[C@H]1O[C@@H](O)[C@@H](O)[C@@H](O)[C@@H]1O. The number of hydrogen-bond acceptors (Lipinski definition) is 6. The highest BCUT2D eigenvalue weighted by atomic mass is 16.6. The minimum absolute atomic E-state index is 0. The Hall–Kier alpha value is -0.810. The lowest BCUT2D eigenvalue weighted by Crippen LogP contribution is -2.59. The zero-order chi connectivity index (χ0) is 10.2. The zero-order valence-corrected chi connectivity index (χ0v) is 7.44. The first kappa shape index (κ1) is 16.6. The van der Waals surface area contributed by atoms with Gasteiger partial charge in [0.15, 0.2) is 12.4 Å². The van der Waals surface area contributed by atoms with Crippen LogP contribution < -0.4 is 0 Å². The molecule has 0 aliphatic carbocycles. The molecule has 0 amide bonds. The number of ether oxygens (including phenoxy) is 1. The second-order valence-electron chi connectivity index (χ2n) is 2.76. The molecule has 0 saturated carbocycles. The number of carboxylic acid groups (broad SMARTS) is 1. The maximum absolute atomic E-state index is 10.4. The molecule has 9 heteroatoms. The highest BCUT2D eigenvalue weighted by Crippen LogP contribution is 2.19. The molecule has 92 valence electrons. The van der Waals surface area contributed by atoms with Gasteiger partial charge in [0.1, 0.15) is 18.3 Å². The highest BCUT2D eigenvalue weighted by molar-refractivity contribution is 5.73. The maximum atomic E-state index is 10.4. The molecule has 0 spiro atoms. The van der Waals surface area contributed by atoms with Gasteiger partial charge in [-0.25, -0.2) is 4.79 Å². The van der Waals surface area contributed by atoms with Crippen molar-refractivity contribution in [1.29, 1.82) is 0 Å². The maximum Gasteiger partial charge on any atom is 0.335 e. The van der Waals surface area contributed by atoms with Crippen molar-refractivity contribution < 1.29 is 46.0 Å². The van der Waals surface area contributed by atoms with Gasteiger partial charge in [-0.2, -0.15) is 0 Å². The van der Waals surface area contributed by atoms with E-state index in [4.69, 9.17) is 25.5 Å². The van der Waals surface area contributed by atoms with E-state index in [9.17, 15) is 4.79 Å². The molecular weight excluding hydrogens is 216 g/mol. The molecule has 9 N–H and O–H groups in total. The smallest absolute Gasteiger partial charge is 0.335 e. The first-order valence-corrected chi connectivity index (χ1v) is 3.55. The fourth-order valence-corrected chi connectivity index (χ4v) is 1.07. The first-order valence-electron chi connectivity index (χ1n) is 3.55. The topological polar surface area (TPSA) is 190 Å². The molecule has 0 aromatic rings. The van der Waals surface area contributed by atoms with Crippen LogP contribution in [0.4, 0.5) is 0 Å². The van der Waals surface area contributed by atoms with Crippen LogP contribution in [0.25, 0.3) is 0 Å². The molecule has 15 heavy (non-hydrogen) atoms. The average molecular weight is 230 g/mol. The van der Waals surface area contributed by atoms with E-state index in [1.165, 1.54) is 0 Å². The Labute approximate surface area is 83.8 Å². The van der Waals surface area contributed by atoms with Crippen LogP contribution in [0, 0.1) is 0 Å². The van der Waals surface area contributed by atoms with Gasteiger partial charge in [-0.15, -0.1) is 0 Å². The van der Waals surface area contributed by atoms with E-state index in [2.05, 4.69) is 4.74 Å². The van der Waals surface area contributed by atoms with Crippen molar-refractivity contribution in [3.05, 3.63) is 0 Å². The van der Waals surface area contributed by atoms with Gasteiger partial charge in [-0.05, 0) is 0 Å². The van der Waals surface area contributed by atoms with Gasteiger partial charge in [0.25, 0.3) is 0 Å². The molecule has 9 nitrogen and oxygen atoms in total. The molecule has 5 atom stereocenters. The summed E-state index contributed by atoms with van der Waals surface area (Å²) in [5.74, 6) is -1.52. The second kappa shape index (κ2) is 5.92. The summed E-state index contributed by atoms with van der Waals surface area (Å²) < 4.78 is 4.34. The third-order valence-electron chi connectivity index (χ3n) is 1.83. The highest BCUT2D eigenvalue weighted by Gasteiger charge is 2.46. The lowest BCUT2D eigenvalue weighted by molar-refractivity contribution is -0.279. The summed E-state index contributed by atoms with van der Waals surface area (Å²) in [7, 11) is 0. The van der Waals surface area contributed by atoms with Crippen molar-refractivity contribution in [2.45, 2.75) is 30.7 Å². The lowest BCUT2D eigenvalue weighted by Gasteiger charge is -2.36. The van der Waals surface area contributed by atoms with E-state index in [0.29, 0.717) is 0 Å². The summed E-state index contributed by atoms with van der Waals surface area (Å²) in [6.07, 6.45) is -8.72. The van der Waals surface area contributed by atoms with Crippen LogP contribution in [-0.4, -0.2) is 73.2 Å². The van der Waals surface area contributed by atoms with Gasteiger partial charge >= 0.3 is 5.97 Å². The first-order chi connectivity index (χ1) is 5.95. The van der Waals surface area contributed by atoms with Crippen molar-refractivity contribution in [3.63, 3.8) is 0 Å². The number of carbonyl (C=O) groups is 1. The minimum atomic E-state index is -1.81. The van der Waals surface area contributed by atoms with E-state index < -0.39 is 36.7 Å². The van der Waals surface area contributed by atoms with Crippen LogP contribution in [0.2, 0.25) is 0 Å². The van der Waals surface area contributed by atoms with Crippen LogP contribution in [0.3, 0.4) is 0 Å². The van der Waals surface area contributed by atoms with Gasteiger partial charge in [0, 0.05) is 0 Å². The Morgan fingerprint density at radius 3 is 1.80 bits per heavy atom. The van der Waals surface area contributed by atoms with E-state index in [1.807, 2.05) is 0 Å². The van der Waals surface area contributed by atoms with Gasteiger partial charge < -0.3 is 41.2 Å². The van der Waals surface area contributed by atoms with Crippen LogP contribution >= 0.6 is 0 Å². The lowest BCUT2D eigenvalue weighted by atomic mass is 9.99. The summed E-state index contributed by atoms with van der Waals surface area (Å²) in [6, 6.07) is 0. The van der Waals surface area contributed by atoms with Crippen molar-refractivity contribution in [2.24, 2.45) is 0 Å². The number of aliphatic hydroxyl groups is 4. The molecule has 1 fully saturated rings. The molecule has 1 aliphatic heterocycles.